The van der Waals surface area contributed by atoms with E-state index >= 15 is 0 Å². The molecule has 7 saturated heterocycles. The van der Waals surface area contributed by atoms with Crippen molar-refractivity contribution in [2.75, 3.05) is 132 Å². The van der Waals surface area contributed by atoms with Gasteiger partial charge >= 0.3 is 0 Å². The van der Waals surface area contributed by atoms with Crippen LogP contribution in [0.15, 0.2) is 236 Å². The zero-order valence-corrected chi connectivity index (χ0v) is 80.9. The Bertz CT molecular complexity index is 8160. The molecule has 20 aromatic rings. The molecule has 7 aliphatic rings. The van der Waals surface area contributed by atoms with E-state index in [1.807, 2.05) is 250 Å². The number of aryl methyl sites for hydroxylation is 5. The van der Waals surface area contributed by atoms with Crippen LogP contribution in [0.5, 0.6) is 0 Å². The highest BCUT2D eigenvalue weighted by Gasteiger charge is 2.38. The average molecular weight is 1950 g/mol. The van der Waals surface area contributed by atoms with Gasteiger partial charge in [0.25, 0.3) is 29.5 Å². The Kier molecular flexibility index (Phi) is 24.9. The van der Waals surface area contributed by atoms with Crippen LogP contribution in [0.2, 0.25) is 0 Å². The number of imidazole rings is 5. The molecule has 0 radical (unpaired) electrons. The van der Waals surface area contributed by atoms with Crippen LogP contribution in [0.25, 0.3) is 139 Å². The van der Waals surface area contributed by atoms with Gasteiger partial charge in [-0.25, -0.2) is 54.2 Å². The third-order valence-corrected chi connectivity index (χ3v) is 28.1. The summed E-state index contributed by atoms with van der Waals surface area (Å²) in [5.74, 6) is 3.02. The summed E-state index contributed by atoms with van der Waals surface area (Å²) in [4.78, 5) is 123. The second-order valence-electron chi connectivity index (χ2n) is 37.5. The zero-order valence-electron chi connectivity index (χ0n) is 80.9. The summed E-state index contributed by atoms with van der Waals surface area (Å²) in [5, 5.41) is 0. The Morgan fingerprint density at radius 3 is 0.793 bits per heavy atom. The number of carbonyl (C=O) groups is 5. The monoisotopic (exact) mass is 1950 g/mol. The number of methoxy groups -OCH3 is 2. The molecular weight excluding hydrogens is 1850 g/mol. The number of benzene rings is 5. The summed E-state index contributed by atoms with van der Waals surface area (Å²) in [6.07, 6.45) is 20.1. The Balaban J connectivity index is 0.000000100. The summed E-state index contributed by atoms with van der Waals surface area (Å²) >= 11 is 0. The van der Waals surface area contributed by atoms with Gasteiger partial charge in [-0.15, -0.1) is 0 Å². The lowest BCUT2D eigenvalue weighted by molar-refractivity contribution is -0.0195. The van der Waals surface area contributed by atoms with E-state index in [1.54, 1.807) is 48.3 Å². The molecule has 36 nitrogen and oxygen atoms in total. The van der Waals surface area contributed by atoms with Crippen LogP contribution in [0, 0.1) is 34.6 Å². The molecule has 5 aromatic carbocycles. The molecule has 736 valence electrons. The van der Waals surface area contributed by atoms with Gasteiger partial charge in [0.2, 0.25) is 0 Å². The normalized spacial score (nSPS) is 17.5. The minimum absolute atomic E-state index is 0.0215. The van der Waals surface area contributed by atoms with Crippen molar-refractivity contribution in [2.24, 2.45) is 0 Å². The fraction of sp³-hybridized carbons (Fsp3) is 0.306. The lowest BCUT2D eigenvalue weighted by Gasteiger charge is -2.37. The number of fused-ring (bicyclic) bond motifs is 10. The minimum atomic E-state index is -0.925. The van der Waals surface area contributed by atoms with Gasteiger partial charge in [0.05, 0.1) is 82.7 Å². The van der Waals surface area contributed by atoms with Crippen LogP contribution >= 0.6 is 0 Å². The van der Waals surface area contributed by atoms with E-state index in [-0.39, 0.29) is 54.8 Å². The Labute approximate surface area is 828 Å². The Morgan fingerprint density at radius 2 is 0.531 bits per heavy atom. The van der Waals surface area contributed by atoms with Crippen molar-refractivity contribution in [3.05, 3.63) is 272 Å². The third-order valence-electron chi connectivity index (χ3n) is 28.1. The molecule has 0 aliphatic carbocycles. The molecule has 0 spiro atoms. The van der Waals surface area contributed by atoms with E-state index in [0.717, 1.165) is 232 Å². The fourth-order valence-electron chi connectivity index (χ4n) is 20.3. The van der Waals surface area contributed by atoms with Crippen molar-refractivity contribution in [1.82, 2.24) is 106 Å². The molecule has 0 unspecified atom stereocenters. The van der Waals surface area contributed by atoms with E-state index in [9.17, 15) is 28.4 Å². The first-order valence-corrected chi connectivity index (χ1v) is 48.7. The van der Waals surface area contributed by atoms with E-state index < -0.39 is 6.17 Å². The molecule has 7 aliphatic heterocycles. The van der Waals surface area contributed by atoms with Crippen LogP contribution in [0.4, 0.5) is 4.39 Å². The van der Waals surface area contributed by atoms with E-state index in [1.165, 1.54) is 11.1 Å². The quantitative estimate of drug-likeness (QED) is 0.0975. The molecule has 7 fully saturated rings. The van der Waals surface area contributed by atoms with E-state index in [0.29, 0.717) is 102 Å². The minimum Gasteiger partial charge on any atom is -0.441 e. The molecule has 27 rings (SSSR count). The summed E-state index contributed by atoms with van der Waals surface area (Å²) in [6.45, 7) is 22.0. The summed E-state index contributed by atoms with van der Waals surface area (Å²) in [7, 11) is 3.35. The number of halogens is 1. The number of amides is 5. The maximum Gasteiger partial charge on any atom is 0.272 e. The SMILES string of the molecule is COC1CN(C(=O)c2cnc3ccc(-c4ccc5oc(C)nc5c4)cn23)C1.CO[C@@H]1CCN(C(=O)c2cnc3ccc(-c4ccc5oc(C)nc5c4)cn23)C1.Cc1nc2cc(-c3ccc4ncc(C(=O)N5CC(F)C5)n4c3)ccc2o1.Cc1nc2cc(-c3ccc4ncc(C(=O)N5CC[C@@H](N6CCOCC6)C5)n4c3)ccc2o1.Cc1nc2cc(-c3ccc4ncc(C(=O)N5CC[C@H](N6CCOCC6)C5)n4c3)ccc2o1. The van der Waals surface area contributed by atoms with Crippen LogP contribution < -0.4 is 0 Å². The molecule has 22 heterocycles. The molecule has 0 N–H and O–H groups in total. The zero-order chi connectivity index (χ0) is 98.9. The van der Waals surface area contributed by atoms with E-state index in [4.69, 9.17) is 41.0 Å². The number of aromatic nitrogens is 15. The standard InChI is InChI=1S/2C24H25N5O3.C21H20N4O3.C20H18N4O3.C19H15FN4O2/c2*1-16-26-20-12-17(2-4-22(20)32-16)18-3-5-23-25-13-21(29(23)14-18)24(30)28-7-6-19(15-28)27-8-10-31-11-9-27;1-13-23-17-9-14(3-5-19(17)28-13)15-4-6-20-22-10-18(25(20)11-15)21(26)24-8-7-16(12-24)27-2;1-12-22-16-7-13(3-5-18(16)27-12)14-4-6-19-21-8-17(24(19)9-14)20(25)23-10-15(11-23)26-2;1-11-22-15-6-12(2-4-17(15)26-11)13-3-5-18-21-7-16(24(18)8-13)19(25)23-9-14(20)10-23/h2*2-5,12-14,19H,6-11,15H2,1H3;3-6,9-11,16H,7-8,12H2,1-2H3;3-9,15H,10-11H2,1-2H3;2-8,14H,9-10H2,1H3/t2*19-;16-;;/m101../s1. The predicted octanol–water partition coefficient (Wildman–Crippen LogP) is 15.5. The molecule has 37 heteroatoms. The number of pyridine rings is 5. The smallest absolute Gasteiger partial charge is 0.272 e. The highest BCUT2D eigenvalue weighted by Crippen LogP contribution is 2.36. The van der Waals surface area contributed by atoms with Gasteiger partial charge in [-0.3, -0.25) is 55.8 Å². The number of rotatable bonds is 14. The first-order chi connectivity index (χ1) is 70.6. The molecule has 5 amide bonds. The predicted molar refractivity (Wildman–Crippen MR) is 537 cm³/mol. The number of alkyl halides is 1. The second-order valence-corrected chi connectivity index (χ2v) is 37.5. The number of nitrogens with zero attached hydrogens (tertiary/aromatic N) is 22. The number of ether oxygens (including phenoxy) is 4. The fourth-order valence-corrected chi connectivity index (χ4v) is 20.3. The first-order valence-electron chi connectivity index (χ1n) is 48.7. The largest absolute Gasteiger partial charge is 0.441 e. The van der Waals surface area contributed by atoms with Crippen molar-refractivity contribution in [1.29, 1.82) is 0 Å². The molecule has 145 heavy (non-hydrogen) atoms. The van der Waals surface area contributed by atoms with E-state index in [2.05, 4.69) is 59.6 Å². The average Bonchev–Trinajstić information content (AvgIpc) is 1.65. The second kappa shape index (κ2) is 39.0. The van der Waals surface area contributed by atoms with Gasteiger partial charge in [-0.1, -0.05) is 30.3 Å². The number of hydrogen-bond acceptors (Lipinski definition) is 26. The van der Waals surface area contributed by atoms with Crippen LogP contribution in [0.1, 0.15) is 101 Å². The highest BCUT2D eigenvalue weighted by molar-refractivity contribution is 5.98. The van der Waals surface area contributed by atoms with Crippen LogP contribution in [-0.2, 0) is 18.9 Å². The first kappa shape index (κ1) is 92.6. The van der Waals surface area contributed by atoms with Crippen molar-refractivity contribution >= 4 is 113 Å². The molecule has 0 bridgehead atoms. The van der Waals surface area contributed by atoms with Crippen molar-refractivity contribution in [2.45, 2.75) is 84.3 Å². The lowest BCUT2D eigenvalue weighted by Crippen LogP contribution is -2.54. The molecule has 0 saturated carbocycles. The number of likely N-dealkylation sites (tertiary alicyclic amines) is 5. The number of carbonyl (C=O) groups excluding carboxylic acids is 5. The van der Waals surface area contributed by atoms with Gasteiger partial charge in [0.1, 0.15) is 90.5 Å². The summed E-state index contributed by atoms with van der Waals surface area (Å²) in [5.41, 5.74) is 24.3. The maximum atomic E-state index is 13.4. The third kappa shape index (κ3) is 18.6. The van der Waals surface area contributed by atoms with Crippen molar-refractivity contribution in [3.8, 4) is 55.6 Å². The van der Waals surface area contributed by atoms with Gasteiger partial charge in [0.15, 0.2) is 57.4 Å². The summed E-state index contributed by atoms with van der Waals surface area (Å²) < 4.78 is 71.7. The van der Waals surface area contributed by atoms with Gasteiger partial charge in [0, 0.05) is 170 Å². The number of hydrogen-bond donors (Lipinski definition) is 0. The molecular formula is C108H103FN22O14. The molecule has 3 atom stereocenters. The molecule has 15 aromatic heterocycles. The summed E-state index contributed by atoms with van der Waals surface area (Å²) in [6, 6.07) is 49.9. The number of oxazole rings is 5. The van der Waals surface area contributed by atoms with Crippen LogP contribution in [0.3, 0.4) is 0 Å². The topological polar surface area (TPSA) is 362 Å². The van der Waals surface area contributed by atoms with Crippen molar-refractivity contribution < 1.29 is 69.4 Å². The van der Waals surface area contributed by atoms with Crippen molar-refractivity contribution in [3.63, 3.8) is 0 Å². The number of morpholine rings is 2. The Hall–Kier alpha value is -16.1. The highest BCUT2D eigenvalue weighted by atomic mass is 19.1. The van der Waals surface area contributed by atoms with Gasteiger partial charge < -0.3 is 65.5 Å². The van der Waals surface area contributed by atoms with Gasteiger partial charge in [-0.2, -0.15) is 0 Å². The maximum absolute atomic E-state index is 13.4. The van der Waals surface area contributed by atoms with Gasteiger partial charge in [-0.05, 0) is 196 Å². The Morgan fingerprint density at radius 1 is 0.290 bits per heavy atom. The lowest BCUT2D eigenvalue weighted by atomic mass is 10.1. The van der Waals surface area contributed by atoms with Crippen LogP contribution in [-0.4, -0.2) is 298 Å².